The van der Waals surface area contributed by atoms with E-state index >= 15 is 0 Å². The molecule has 1 unspecified atom stereocenters. The first kappa shape index (κ1) is 19.9. The zero-order valence-electron chi connectivity index (χ0n) is 15.3. The van der Waals surface area contributed by atoms with E-state index in [1.54, 1.807) is 0 Å². The van der Waals surface area contributed by atoms with Crippen molar-refractivity contribution in [3.63, 3.8) is 0 Å². The molecule has 0 spiro atoms. The molecule has 0 aromatic heterocycles. The Morgan fingerprint density at radius 3 is 2.29 bits per heavy atom. The summed E-state index contributed by atoms with van der Waals surface area (Å²) in [5, 5.41) is 21.1. The molecule has 0 heterocycles. The van der Waals surface area contributed by atoms with E-state index in [1.165, 1.54) is 11.1 Å². The second kappa shape index (κ2) is 8.01. The van der Waals surface area contributed by atoms with Crippen molar-refractivity contribution in [3.05, 3.63) is 39.4 Å². The summed E-state index contributed by atoms with van der Waals surface area (Å²) in [6.45, 7) is -0.457. The second-order valence-electron chi connectivity index (χ2n) is 6.81. The number of nitrogens with one attached hydrogen (secondary N) is 5. The van der Waals surface area contributed by atoms with Gasteiger partial charge in [0.2, 0.25) is 0 Å². The fourth-order valence-corrected chi connectivity index (χ4v) is 4.59. The normalized spacial score (nSPS) is 17.2. The van der Waals surface area contributed by atoms with E-state index in [2.05, 4.69) is 21.4 Å². The number of urea groups is 1. The van der Waals surface area contributed by atoms with E-state index in [9.17, 15) is 13.8 Å². The Hall–Kier alpha value is -2.88. The third-order valence-corrected chi connectivity index (χ3v) is 6.29. The molecule has 2 aliphatic carbocycles. The van der Waals surface area contributed by atoms with E-state index in [0.717, 1.165) is 61.5 Å². The van der Waals surface area contributed by atoms with Gasteiger partial charge in [-0.1, -0.05) is 6.07 Å². The molecule has 1 aromatic carbocycles. The van der Waals surface area contributed by atoms with Crippen molar-refractivity contribution < 1.29 is 18.9 Å². The highest BCUT2D eigenvalue weighted by atomic mass is 32.2. The van der Waals surface area contributed by atoms with Gasteiger partial charge in [-0.25, -0.2) is 18.5 Å². The SMILES string of the molecule is N=C/C(=C\NCC(=O)O)S(=N)(=O)NC(=O)Nc1c2c(cc3c1CCC3)CCC2. The van der Waals surface area contributed by atoms with Gasteiger partial charge in [-0.2, -0.15) is 0 Å². The Labute approximate surface area is 163 Å². The van der Waals surface area contributed by atoms with Crippen LogP contribution in [0.15, 0.2) is 17.2 Å². The molecular formula is C18H23N5O4S. The lowest BCUT2D eigenvalue weighted by Crippen LogP contribution is -2.35. The van der Waals surface area contributed by atoms with Crippen LogP contribution in [0.4, 0.5) is 10.5 Å². The van der Waals surface area contributed by atoms with Crippen molar-refractivity contribution in [2.75, 3.05) is 11.9 Å². The Kier molecular flexibility index (Phi) is 5.68. The van der Waals surface area contributed by atoms with Crippen molar-refractivity contribution in [2.24, 2.45) is 0 Å². The number of aliphatic carboxylic acids is 1. The maximum Gasteiger partial charge on any atom is 0.331 e. The Bertz CT molecular complexity index is 936. The molecule has 6 N–H and O–H groups in total. The maximum absolute atomic E-state index is 12.5. The molecule has 9 nitrogen and oxygen atoms in total. The summed E-state index contributed by atoms with van der Waals surface area (Å²) in [5.41, 5.74) is 5.46. The van der Waals surface area contributed by atoms with Crippen LogP contribution in [0.1, 0.15) is 35.1 Å². The Balaban J connectivity index is 1.77. The fourth-order valence-electron chi connectivity index (χ4n) is 3.74. The van der Waals surface area contributed by atoms with Crippen molar-refractivity contribution in [2.45, 2.75) is 38.5 Å². The van der Waals surface area contributed by atoms with Gasteiger partial charge in [0, 0.05) is 18.1 Å². The summed E-state index contributed by atoms with van der Waals surface area (Å²) < 4.78 is 22.6. The van der Waals surface area contributed by atoms with Gasteiger partial charge in [-0.05, 0) is 60.8 Å². The lowest BCUT2D eigenvalue weighted by atomic mass is 9.99. The molecule has 10 heteroatoms. The molecule has 150 valence electrons. The van der Waals surface area contributed by atoms with Crippen molar-refractivity contribution in [3.8, 4) is 0 Å². The predicted molar refractivity (Wildman–Crippen MR) is 106 cm³/mol. The topological polar surface area (TPSA) is 155 Å². The molecule has 0 fully saturated rings. The minimum Gasteiger partial charge on any atom is -0.480 e. The number of anilines is 1. The first-order valence-electron chi connectivity index (χ1n) is 9.01. The minimum atomic E-state index is -3.82. The van der Waals surface area contributed by atoms with Gasteiger partial charge in [0.1, 0.15) is 11.4 Å². The average Bonchev–Trinajstić information content (AvgIpc) is 3.26. The molecule has 0 aliphatic heterocycles. The van der Waals surface area contributed by atoms with E-state index in [0.29, 0.717) is 6.21 Å². The number of amides is 2. The Morgan fingerprint density at radius 2 is 1.75 bits per heavy atom. The van der Waals surface area contributed by atoms with Gasteiger partial charge >= 0.3 is 12.0 Å². The molecule has 3 rings (SSSR count). The number of rotatable bonds is 7. The second-order valence-corrected chi connectivity index (χ2v) is 8.60. The number of hydrogen-bond donors (Lipinski definition) is 6. The number of benzene rings is 1. The standard InChI is InChI=1S/C18H23N5O4S/c19-8-13(9-21-10-16(24)25)28(20,27)23-18(26)22-17-14-5-1-3-11(14)7-12-4-2-6-15(12)17/h7-9,19,21H,1-6,10H2,(H,24,25)(H3,20,22,23,26,27)/b13-9+,19-8?. The van der Waals surface area contributed by atoms with Crippen LogP contribution in [-0.2, 0) is 40.4 Å². The molecule has 0 bridgehead atoms. The van der Waals surface area contributed by atoms with Gasteiger partial charge in [-0.15, -0.1) is 0 Å². The number of carboxylic acid groups (broad SMARTS) is 1. The zero-order valence-corrected chi connectivity index (χ0v) is 16.1. The summed E-state index contributed by atoms with van der Waals surface area (Å²) in [7, 11) is -3.82. The third-order valence-electron chi connectivity index (χ3n) is 4.92. The van der Waals surface area contributed by atoms with Crippen LogP contribution >= 0.6 is 0 Å². The monoisotopic (exact) mass is 405 g/mol. The predicted octanol–water partition coefficient (Wildman–Crippen LogP) is 1.91. The summed E-state index contributed by atoms with van der Waals surface area (Å²) in [6.07, 6.45) is 7.41. The lowest BCUT2D eigenvalue weighted by molar-refractivity contribution is -0.135. The fraction of sp³-hybridized carbons (Fsp3) is 0.389. The van der Waals surface area contributed by atoms with Gasteiger partial charge < -0.3 is 21.1 Å². The van der Waals surface area contributed by atoms with Crippen molar-refractivity contribution in [1.29, 1.82) is 10.2 Å². The van der Waals surface area contributed by atoms with Crippen LogP contribution in [0.25, 0.3) is 0 Å². The van der Waals surface area contributed by atoms with E-state index in [-0.39, 0.29) is 4.91 Å². The summed E-state index contributed by atoms with van der Waals surface area (Å²) in [4.78, 5) is 22.7. The van der Waals surface area contributed by atoms with Gasteiger partial charge in [0.05, 0.1) is 0 Å². The number of hydrogen-bond acceptors (Lipinski definition) is 6. The molecule has 0 saturated carbocycles. The number of carbonyl (C=O) groups excluding carboxylic acids is 1. The molecule has 1 atom stereocenters. The third kappa shape index (κ3) is 4.16. The van der Waals surface area contributed by atoms with Crippen LogP contribution in [0, 0.1) is 10.2 Å². The van der Waals surface area contributed by atoms with Gasteiger partial charge in [0.15, 0.2) is 9.92 Å². The highest BCUT2D eigenvalue weighted by Gasteiger charge is 2.26. The number of carbonyl (C=O) groups is 2. The average molecular weight is 405 g/mol. The van der Waals surface area contributed by atoms with Crippen LogP contribution in [0.3, 0.4) is 0 Å². The summed E-state index contributed by atoms with van der Waals surface area (Å²) in [5.74, 6) is -1.14. The number of carboxylic acids is 1. The Morgan fingerprint density at radius 1 is 1.14 bits per heavy atom. The molecule has 2 amide bonds. The molecule has 1 aromatic rings. The number of aryl methyl sites for hydroxylation is 2. The van der Waals surface area contributed by atoms with Crippen molar-refractivity contribution >= 4 is 33.8 Å². The quantitative estimate of drug-likeness (QED) is 0.382. The van der Waals surface area contributed by atoms with Crippen LogP contribution in [0.2, 0.25) is 0 Å². The first-order chi connectivity index (χ1) is 13.3. The lowest BCUT2D eigenvalue weighted by Gasteiger charge is -2.17. The first-order valence-corrected chi connectivity index (χ1v) is 10.6. The molecule has 0 saturated heterocycles. The van der Waals surface area contributed by atoms with E-state index in [1.807, 2.05) is 0 Å². The zero-order chi connectivity index (χ0) is 20.3. The smallest absolute Gasteiger partial charge is 0.331 e. The van der Waals surface area contributed by atoms with Crippen LogP contribution < -0.4 is 15.4 Å². The highest BCUT2D eigenvalue weighted by Crippen LogP contribution is 2.38. The molecule has 2 aliphatic rings. The largest absolute Gasteiger partial charge is 0.480 e. The van der Waals surface area contributed by atoms with E-state index < -0.39 is 28.5 Å². The van der Waals surface area contributed by atoms with Crippen LogP contribution in [0.5, 0.6) is 0 Å². The number of fused-ring (bicyclic) bond motifs is 2. The van der Waals surface area contributed by atoms with Crippen molar-refractivity contribution in [1.82, 2.24) is 10.0 Å². The summed E-state index contributed by atoms with van der Waals surface area (Å²) in [6, 6.07) is 1.45. The van der Waals surface area contributed by atoms with Gasteiger partial charge in [0.25, 0.3) is 0 Å². The van der Waals surface area contributed by atoms with Crippen LogP contribution in [-0.4, -0.2) is 34.1 Å². The van der Waals surface area contributed by atoms with E-state index in [4.69, 9.17) is 15.3 Å². The molecular weight excluding hydrogens is 382 g/mol. The minimum absolute atomic E-state index is 0.326. The summed E-state index contributed by atoms with van der Waals surface area (Å²) >= 11 is 0. The maximum atomic E-state index is 12.5. The number of allylic oxidation sites excluding steroid dienone is 1. The van der Waals surface area contributed by atoms with Gasteiger partial charge in [-0.3, -0.25) is 4.79 Å². The molecule has 28 heavy (non-hydrogen) atoms. The highest BCUT2D eigenvalue weighted by molar-refractivity contribution is 7.95. The molecule has 0 radical (unpaired) electrons.